The van der Waals surface area contributed by atoms with Gasteiger partial charge in [0.2, 0.25) is 5.91 Å². The molecule has 6 rings (SSSR count). The minimum atomic E-state index is -0.161. The molecule has 9 nitrogen and oxygen atoms in total. The molecule has 2 aliphatic rings. The molecule has 0 spiro atoms. The Morgan fingerprint density at radius 2 is 1.88 bits per heavy atom. The van der Waals surface area contributed by atoms with Gasteiger partial charge in [-0.15, -0.1) is 0 Å². The van der Waals surface area contributed by atoms with E-state index in [1.54, 1.807) is 12.3 Å². The lowest BCUT2D eigenvalue weighted by Gasteiger charge is -2.38. The molecule has 2 amide bonds. The van der Waals surface area contributed by atoms with E-state index in [0.29, 0.717) is 40.5 Å². The monoisotopic (exact) mass is 603 g/mol. The Morgan fingerprint density at radius 3 is 2.55 bits per heavy atom. The Labute approximate surface area is 254 Å². The van der Waals surface area contributed by atoms with E-state index in [1.165, 1.54) is 18.3 Å². The summed E-state index contributed by atoms with van der Waals surface area (Å²) in [7, 11) is 0. The van der Waals surface area contributed by atoms with Gasteiger partial charge in [-0.2, -0.15) is 5.10 Å². The number of thiazole rings is 1. The first-order chi connectivity index (χ1) is 20.4. The summed E-state index contributed by atoms with van der Waals surface area (Å²) in [6, 6.07) is 9.93. The molecule has 1 saturated heterocycles. The summed E-state index contributed by atoms with van der Waals surface area (Å²) < 4.78 is 1.86. The Kier molecular flexibility index (Phi) is 8.11. The average molecular weight is 604 g/mol. The summed E-state index contributed by atoms with van der Waals surface area (Å²) in [5.74, 6) is -0.165. The molecule has 1 aliphatic carbocycles. The Hall–Kier alpha value is -3.60. The van der Waals surface area contributed by atoms with Crippen LogP contribution in [0.1, 0.15) is 55.2 Å². The van der Waals surface area contributed by atoms with Gasteiger partial charge < -0.3 is 10.2 Å². The van der Waals surface area contributed by atoms with Crippen LogP contribution in [0, 0.1) is 0 Å². The van der Waals surface area contributed by atoms with Gasteiger partial charge in [-0.05, 0) is 56.0 Å². The Balaban J connectivity index is 1.35. The Morgan fingerprint density at radius 1 is 1.10 bits per heavy atom. The van der Waals surface area contributed by atoms with Gasteiger partial charge in [-0.3, -0.25) is 19.5 Å². The largest absolute Gasteiger partial charge is 0.336 e. The fraction of sp³-hybridized carbons (Fsp3) is 0.387. The lowest BCUT2D eigenvalue weighted by Crippen LogP contribution is -2.51. The van der Waals surface area contributed by atoms with Crippen LogP contribution in [-0.2, 0) is 17.6 Å². The summed E-state index contributed by atoms with van der Waals surface area (Å²) in [4.78, 5) is 39.6. The fourth-order valence-electron chi connectivity index (χ4n) is 6.07. The third kappa shape index (κ3) is 5.34. The molecular weight excluding hydrogens is 570 g/mol. The quantitative estimate of drug-likeness (QED) is 0.290. The molecule has 0 atom stereocenters. The molecule has 0 bridgehead atoms. The highest BCUT2D eigenvalue weighted by molar-refractivity contribution is 7.19. The molecule has 3 aromatic heterocycles. The molecule has 1 fully saturated rings. The van der Waals surface area contributed by atoms with Crippen LogP contribution in [0.5, 0.6) is 0 Å². The third-order valence-corrected chi connectivity index (χ3v) is 9.53. The lowest BCUT2D eigenvalue weighted by atomic mass is 9.95. The topological polar surface area (TPSA) is 96.3 Å². The standard InChI is InChI=1S/C31H34ClN7O2S/c1-4-22(5-2)37-13-15-38(16-14-37)30(41)20-8-11-26(24(32)17-20)39-28-23(27(36-39)21-7-6-12-33-18-21)9-10-25-29(28)42-31(35-25)34-19(3)40/h6-8,11-12,17-18,22H,4-5,9-10,13-16H2,1-3H3,(H,34,35,40). The molecule has 42 heavy (non-hydrogen) atoms. The zero-order valence-corrected chi connectivity index (χ0v) is 25.6. The number of anilines is 1. The van der Waals surface area contributed by atoms with Crippen LogP contribution in [0.15, 0.2) is 42.7 Å². The number of halogens is 1. The van der Waals surface area contributed by atoms with E-state index < -0.39 is 0 Å². The Bertz CT molecular complexity index is 1620. The van der Waals surface area contributed by atoms with Crippen LogP contribution in [-0.4, -0.2) is 73.6 Å². The van der Waals surface area contributed by atoms with Crippen LogP contribution in [0.25, 0.3) is 27.5 Å². The maximum absolute atomic E-state index is 13.5. The van der Waals surface area contributed by atoms with Gasteiger partial charge in [-0.1, -0.05) is 36.8 Å². The van der Waals surface area contributed by atoms with Crippen molar-refractivity contribution in [3.63, 3.8) is 0 Å². The molecule has 1 N–H and O–H groups in total. The maximum atomic E-state index is 13.5. The highest BCUT2D eigenvalue weighted by Gasteiger charge is 2.31. The van der Waals surface area contributed by atoms with Crippen molar-refractivity contribution in [1.82, 2.24) is 29.5 Å². The molecular formula is C31H34ClN7O2S. The number of nitrogens with one attached hydrogen (secondary N) is 1. The smallest absolute Gasteiger partial charge is 0.253 e. The number of nitrogens with zero attached hydrogens (tertiary/aromatic N) is 6. The van der Waals surface area contributed by atoms with E-state index in [4.69, 9.17) is 21.7 Å². The molecule has 1 aliphatic heterocycles. The highest BCUT2D eigenvalue weighted by Crippen LogP contribution is 2.44. The van der Waals surface area contributed by atoms with E-state index >= 15 is 0 Å². The van der Waals surface area contributed by atoms with Crippen molar-refractivity contribution in [3.8, 4) is 27.5 Å². The maximum Gasteiger partial charge on any atom is 0.253 e. The molecule has 4 heterocycles. The van der Waals surface area contributed by atoms with Gasteiger partial charge >= 0.3 is 0 Å². The van der Waals surface area contributed by atoms with Crippen molar-refractivity contribution in [2.45, 2.75) is 52.5 Å². The highest BCUT2D eigenvalue weighted by atomic mass is 35.5. The summed E-state index contributed by atoms with van der Waals surface area (Å²) in [6.07, 6.45) is 7.28. The van der Waals surface area contributed by atoms with E-state index in [1.807, 2.05) is 40.0 Å². The van der Waals surface area contributed by atoms with E-state index in [2.05, 4.69) is 29.0 Å². The second kappa shape index (κ2) is 11.9. The van der Waals surface area contributed by atoms with Crippen molar-refractivity contribution in [2.24, 2.45) is 0 Å². The second-order valence-corrected chi connectivity index (χ2v) is 12.2. The molecule has 1 aromatic carbocycles. The van der Waals surface area contributed by atoms with E-state index in [9.17, 15) is 9.59 Å². The van der Waals surface area contributed by atoms with Gasteiger partial charge in [0.1, 0.15) is 0 Å². The summed E-state index contributed by atoms with van der Waals surface area (Å²) >= 11 is 8.36. The zero-order chi connectivity index (χ0) is 29.4. The number of fused-ring (bicyclic) bond motifs is 3. The van der Waals surface area contributed by atoms with E-state index in [0.717, 1.165) is 71.9 Å². The normalized spacial score (nSPS) is 15.0. The number of benzene rings is 1. The summed E-state index contributed by atoms with van der Waals surface area (Å²) in [5.41, 5.74) is 5.91. The zero-order valence-electron chi connectivity index (χ0n) is 24.1. The van der Waals surface area contributed by atoms with Gasteiger partial charge in [0.25, 0.3) is 5.91 Å². The SMILES string of the molecule is CCC(CC)N1CCN(C(=O)c2ccc(-n3nc(-c4cccnc4)c4c3-c3sc(NC(C)=O)nc3CC4)c(Cl)c2)CC1. The predicted molar refractivity (Wildman–Crippen MR) is 166 cm³/mol. The molecule has 11 heteroatoms. The minimum Gasteiger partial charge on any atom is -0.336 e. The van der Waals surface area contributed by atoms with E-state index in [-0.39, 0.29) is 11.8 Å². The number of hydrogen-bond donors (Lipinski definition) is 1. The number of piperazine rings is 1. The van der Waals surface area contributed by atoms with Crippen LogP contribution >= 0.6 is 22.9 Å². The fourth-order valence-corrected chi connectivity index (χ4v) is 7.45. The van der Waals surface area contributed by atoms with Crippen molar-refractivity contribution in [3.05, 3.63) is 64.6 Å². The van der Waals surface area contributed by atoms with Crippen molar-refractivity contribution < 1.29 is 9.59 Å². The molecule has 0 saturated carbocycles. The third-order valence-electron chi connectivity index (χ3n) is 8.21. The lowest BCUT2D eigenvalue weighted by molar-refractivity contribution is -0.114. The molecule has 4 aromatic rings. The number of carbonyl (C=O) groups is 2. The van der Waals surface area contributed by atoms with Crippen molar-refractivity contribution in [2.75, 3.05) is 31.5 Å². The minimum absolute atomic E-state index is 0.00381. The summed E-state index contributed by atoms with van der Waals surface area (Å²) in [5, 5.41) is 8.88. The molecule has 218 valence electrons. The molecule has 0 unspecified atom stereocenters. The van der Waals surface area contributed by atoms with Gasteiger partial charge in [-0.25, -0.2) is 9.67 Å². The first kappa shape index (κ1) is 28.5. The molecule has 0 radical (unpaired) electrons. The predicted octanol–water partition coefficient (Wildman–Crippen LogP) is 5.71. The number of aryl methyl sites for hydroxylation is 1. The van der Waals surface area contributed by atoms with Gasteiger partial charge in [0.05, 0.1) is 32.7 Å². The summed E-state index contributed by atoms with van der Waals surface area (Å²) in [6.45, 7) is 9.12. The number of amides is 2. The second-order valence-electron chi connectivity index (χ2n) is 10.8. The number of carbonyl (C=O) groups excluding carboxylic acids is 2. The first-order valence-corrected chi connectivity index (χ1v) is 15.7. The number of rotatable bonds is 7. The van der Waals surface area contributed by atoms with Gasteiger partial charge in [0, 0.05) is 68.2 Å². The average Bonchev–Trinajstić information content (AvgIpc) is 3.59. The van der Waals surface area contributed by atoms with Gasteiger partial charge in [0.15, 0.2) is 5.13 Å². The first-order valence-electron chi connectivity index (χ1n) is 14.5. The van der Waals surface area contributed by atoms with Crippen LogP contribution < -0.4 is 5.32 Å². The van der Waals surface area contributed by atoms with Crippen LogP contribution in [0.3, 0.4) is 0 Å². The van der Waals surface area contributed by atoms with Crippen molar-refractivity contribution >= 4 is 39.9 Å². The number of aromatic nitrogens is 4. The number of hydrogen-bond acceptors (Lipinski definition) is 7. The van der Waals surface area contributed by atoms with Crippen molar-refractivity contribution in [1.29, 1.82) is 0 Å². The number of pyridine rings is 1. The van der Waals surface area contributed by atoms with Crippen LogP contribution in [0.2, 0.25) is 5.02 Å². The van der Waals surface area contributed by atoms with Crippen LogP contribution in [0.4, 0.5) is 5.13 Å².